The van der Waals surface area contributed by atoms with Crippen molar-refractivity contribution in [1.29, 1.82) is 0 Å². The van der Waals surface area contributed by atoms with E-state index in [0.29, 0.717) is 6.54 Å². The maximum atomic E-state index is 11.8. The third-order valence-electron chi connectivity index (χ3n) is 2.98. The monoisotopic (exact) mass is 230 g/mol. The van der Waals surface area contributed by atoms with Crippen LogP contribution in [-0.2, 0) is 13.6 Å². The largest absolute Gasteiger partial charge is 0.347 e. The van der Waals surface area contributed by atoms with Gasteiger partial charge in [0.15, 0.2) is 5.78 Å². The maximum Gasteiger partial charge on any atom is 0.167 e. The van der Waals surface area contributed by atoms with Crippen LogP contribution in [0.25, 0.3) is 0 Å². The Balaban J connectivity index is 1.73. The molecule has 5 nitrogen and oxygen atoms in total. The van der Waals surface area contributed by atoms with E-state index in [0.717, 1.165) is 24.1 Å². The Hall–Kier alpha value is -1.91. The minimum Gasteiger partial charge on any atom is -0.347 e. The first kappa shape index (κ1) is 10.3. The Morgan fingerprint density at radius 1 is 1.47 bits per heavy atom. The van der Waals surface area contributed by atoms with Gasteiger partial charge in [0.25, 0.3) is 0 Å². The number of aryl methyl sites for hydroxylation is 1. The van der Waals surface area contributed by atoms with Crippen molar-refractivity contribution in [2.75, 3.05) is 0 Å². The Morgan fingerprint density at radius 2 is 2.29 bits per heavy atom. The van der Waals surface area contributed by atoms with Gasteiger partial charge in [0.05, 0.1) is 6.54 Å². The third-order valence-corrected chi connectivity index (χ3v) is 2.98. The van der Waals surface area contributed by atoms with E-state index in [1.165, 1.54) is 0 Å². The summed E-state index contributed by atoms with van der Waals surface area (Å²) in [5.74, 6) is 0.560. The fourth-order valence-corrected chi connectivity index (χ4v) is 1.92. The van der Waals surface area contributed by atoms with E-state index in [9.17, 15) is 4.79 Å². The van der Waals surface area contributed by atoms with Gasteiger partial charge in [0.2, 0.25) is 0 Å². The van der Waals surface area contributed by atoms with Gasteiger partial charge in [-0.2, -0.15) is 0 Å². The molecule has 0 atom stereocenters. The van der Waals surface area contributed by atoms with Crippen molar-refractivity contribution in [2.24, 2.45) is 13.0 Å². The number of carbonyl (C=O) groups excluding carboxylic acids is 1. The number of carbonyl (C=O) groups is 1. The molecule has 0 unspecified atom stereocenters. The van der Waals surface area contributed by atoms with Gasteiger partial charge in [-0.3, -0.25) is 9.48 Å². The van der Waals surface area contributed by atoms with Crippen molar-refractivity contribution >= 4 is 5.78 Å². The van der Waals surface area contributed by atoms with Gasteiger partial charge in [-0.05, 0) is 18.9 Å². The number of rotatable bonds is 4. The summed E-state index contributed by atoms with van der Waals surface area (Å²) < 4.78 is 3.65. The molecule has 1 fully saturated rings. The van der Waals surface area contributed by atoms with Gasteiger partial charge in [-0.25, -0.2) is 0 Å². The molecule has 0 amide bonds. The molecule has 1 aliphatic carbocycles. The van der Waals surface area contributed by atoms with Crippen LogP contribution in [0.3, 0.4) is 0 Å². The summed E-state index contributed by atoms with van der Waals surface area (Å²) >= 11 is 0. The molecule has 1 aliphatic rings. The molecule has 0 spiro atoms. The average Bonchev–Trinajstić information content (AvgIpc) is 2.93. The number of hydrogen-bond donors (Lipinski definition) is 0. The number of ketones is 1. The molecule has 2 aromatic rings. The van der Waals surface area contributed by atoms with Crippen LogP contribution in [0.4, 0.5) is 0 Å². The Labute approximate surface area is 99.0 Å². The molecule has 1 saturated carbocycles. The van der Waals surface area contributed by atoms with E-state index in [4.69, 9.17) is 0 Å². The molecule has 0 radical (unpaired) electrons. The van der Waals surface area contributed by atoms with Crippen molar-refractivity contribution < 1.29 is 4.79 Å². The lowest BCUT2D eigenvalue weighted by Crippen LogP contribution is -2.01. The minimum atomic E-state index is 0.280. The highest BCUT2D eigenvalue weighted by molar-refractivity contribution is 5.99. The highest BCUT2D eigenvalue weighted by Crippen LogP contribution is 2.32. The first-order valence-corrected chi connectivity index (χ1v) is 5.77. The predicted molar refractivity (Wildman–Crippen MR) is 61.6 cm³/mol. The highest BCUT2D eigenvalue weighted by atomic mass is 16.1. The third kappa shape index (κ3) is 2.13. The van der Waals surface area contributed by atoms with Crippen molar-refractivity contribution in [1.82, 2.24) is 19.6 Å². The van der Waals surface area contributed by atoms with Crippen LogP contribution in [0, 0.1) is 5.92 Å². The normalized spacial score (nSPS) is 15.1. The van der Waals surface area contributed by atoms with E-state index < -0.39 is 0 Å². The van der Waals surface area contributed by atoms with Gasteiger partial charge >= 0.3 is 0 Å². The lowest BCUT2D eigenvalue weighted by atomic mass is 10.1. The average molecular weight is 230 g/mol. The summed E-state index contributed by atoms with van der Waals surface area (Å²) in [6, 6.07) is 1.89. The van der Waals surface area contributed by atoms with Crippen LogP contribution >= 0.6 is 0 Å². The maximum absolute atomic E-state index is 11.8. The second-order valence-electron chi connectivity index (χ2n) is 4.59. The van der Waals surface area contributed by atoms with E-state index in [-0.39, 0.29) is 11.7 Å². The number of Topliss-reactive ketones (excluding diaryl/α,β-unsaturated/α-hetero) is 1. The SMILES string of the molecule is Cn1cc(Cn2ccc(C(=O)C3CC3)c2)nn1. The molecule has 5 heteroatoms. The molecule has 2 heterocycles. The molecule has 0 bridgehead atoms. The van der Waals surface area contributed by atoms with Crippen LogP contribution < -0.4 is 0 Å². The Kier molecular flexibility index (Phi) is 2.31. The summed E-state index contributed by atoms with van der Waals surface area (Å²) in [5.41, 5.74) is 1.71. The van der Waals surface area contributed by atoms with Crippen LogP contribution in [0.1, 0.15) is 28.9 Å². The molecule has 0 N–H and O–H groups in total. The highest BCUT2D eigenvalue weighted by Gasteiger charge is 2.30. The van der Waals surface area contributed by atoms with Crippen LogP contribution in [0.5, 0.6) is 0 Å². The summed E-state index contributed by atoms with van der Waals surface area (Å²) in [6.07, 6.45) is 7.80. The predicted octanol–water partition coefficient (Wildman–Crippen LogP) is 1.26. The van der Waals surface area contributed by atoms with Crippen molar-refractivity contribution in [2.45, 2.75) is 19.4 Å². The van der Waals surface area contributed by atoms with Crippen molar-refractivity contribution in [3.63, 3.8) is 0 Å². The number of nitrogens with zero attached hydrogens (tertiary/aromatic N) is 4. The van der Waals surface area contributed by atoms with Crippen LogP contribution in [-0.4, -0.2) is 25.3 Å². The Morgan fingerprint density at radius 3 is 2.94 bits per heavy atom. The molecule has 0 saturated heterocycles. The fourth-order valence-electron chi connectivity index (χ4n) is 1.92. The summed E-state index contributed by atoms with van der Waals surface area (Å²) in [7, 11) is 1.84. The summed E-state index contributed by atoms with van der Waals surface area (Å²) in [6.45, 7) is 0.659. The second-order valence-corrected chi connectivity index (χ2v) is 4.59. The van der Waals surface area contributed by atoms with E-state index in [1.807, 2.05) is 36.3 Å². The smallest absolute Gasteiger partial charge is 0.167 e. The standard InChI is InChI=1S/C12H14N4O/c1-15-7-11(13-14-15)8-16-5-4-10(6-16)12(17)9-2-3-9/h4-7,9H,2-3,8H2,1H3. The first-order valence-electron chi connectivity index (χ1n) is 5.77. The van der Waals surface area contributed by atoms with E-state index in [1.54, 1.807) is 4.68 Å². The van der Waals surface area contributed by atoms with Gasteiger partial charge in [0.1, 0.15) is 5.69 Å². The molecule has 0 aliphatic heterocycles. The van der Waals surface area contributed by atoms with Gasteiger partial charge in [0, 0.05) is 37.1 Å². The van der Waals surface area contributed by atoms with Gasteiger partial charge in [-0.15, -0.1) is 5.10 Å². The van der Waals surface area contributed by atoms with E-state index in [2.05, 4.69) is 10.3 Å². The molecular formula is C12H14N4O. The lowest BCUT2D eigenvalue weighted by Gasteiger charge is -1.97. The number of aromatic nitrogens is 4. The van der Waals surface area contributed by atoms with Crippen LogP contribution in [0.2, 0.25) is 0 Å². The quantitative estimate of drug-likeness (QED) is 0.743. The zero-order chi connectivity index (χ0) is 11.8. The van der Waals surface area contributed by atoms with E-state index >= 15 is 0 Å². The first-order chi connectivity index (χ1) is 8.22. The molecule has 0 aromatic carbocycles. The summed E-state index contributed by atoms with van der Waals surface area (Å²) in [4.78, 5) is 11.8. The zero-order valence-corrected chi connectivity index (χ0v) is 9.71. The van der Waals surface area contributed by atoms with Gasteiger partial charge < -0.3 is 4.57 Å². The topological polar surface area (TPSA) is 52.7 Å². The molecule has 2 aromatic heterocycles. The van der Waals surface area contributed by atoms with Crippen LogP contribution in [0.15, 0.2) is 24.7 Å². The zero-order valence-electron chi connectivity index (χ0n) is 9.71. The minimum absolute atomic E-state index is 0.280. The molecular weight excluding hydrogens is 216 g/mol. The second kappa shape index (κ2) is 3.84. The molecule has 3 rings (SSSR count). The fraction of sp³-hybridized carbons (Fsp3) is 0.417. The number of hydrogen-bond acceptors (Lipinski definition) is 3. The van der Waals surface area contributed by atoms with Crippen molar-refractivity contribution in [3.8, 4) is 0 Å². The summed E-state index contributed by atoms with van der Waals surface area (Å²) in [5, 5.41) is 7.90. The lowest BCUT2D eigenvalue weighted by molar-refractivity contribution is 0.0967. The molecule has 17 heavy (non-hydrogen) atoms. The Bertz CT molecular complexity index is 550. The van der Waals surface area contributed by atoms with Crippen molar-refractivity contribution in [3.05, 3.63) is 35.9 Å². The molecule has 88 valence electrons. The van der Waals surface area contributed by atoms with Gasteiger partial charge in [-0.1, -0.05) is 5.21 Å².